The van der Waals surface area contributed by atoms with Crippen LogP contribution >= 0.6 is 0 Å². The van der Waals surface area contributed by atoms with Crippen molar-refractivity contribution in [3.8, 4) is 0 Å². The molecule has 0 amide bonds. The number of ether oxygens (including phenoxy) is 1. The second-order valence-electron chi connectivity index (χ2n) is 2.03. The quantitative estimate of drug-likeness (QED) is 0.470. The minimum absolute atomic E-state index is 0.0249. The van der Waals surface area contributed by atoms with Gasteiger partial charge in [0.1, 0.15) is 0 Å². The van der Waals surface area contributed by atoms with E-state index in [-0.39, 0.29) is 18.8 Å². The summed E-state index contributed by atoms with van der Waals surface area (Å²) in [6, 6.07) is 0. The van der Waals surface area contributed by atoms with Gasteiger partial charge in [-0.15, -0.1) is 0 Å². The molecule has 0 radical (unpaired) electrons. The fourth-order valence-electron chi connectivity index (χ4n) is 0.814. The number of rotatable bonds is 1. The Bertz CT molecular complexity index is 74.1. The summed E-state index contributed by atoms with van der Waals surface area (Å²) in [6.45, 7) is 0.405. The van der Waals surface area contributed by atoms with E-state index in [4.69, 9.17) is 14.9 Å². The predicted octanol–water partition coefficient (Wildman–Crippen LogP) is -0.872. The molecule has 0 bridgehead atoms. The van der Waals surface area contributed by atoms with Crippen LogP contribution in [0.5, 0.6) is 0 Å². The lowest BCUT2D eigenvalue weighted by molar-refractivity contribution is 0.0516. The molecule has 1 aliphatic rings. The molecule has 0 unspecified atom stereocenters. The molecule has 2 N–H and O–H groups in total. The second kappa shape index (κ2) is 2.44. The molecule has 3 nitrogen and oxygen atoms in total. The van der Waals surface area contributed by atoms with Crippen LogP contribution in [0.3, 0.4) is 0 Å². The number of aliphatic hydroxyl groups is 2. The smallest absolute Gasteiger partial charge is 0.0832 e. The third kappa shape index (κ3) is 1.18. The molecule has 1 saturated heterocycles. The molecule has 0 aliphatic carbocycles. The van der Waals surface area contributed by atoms with E-state index in [1.165, 1.54) is 0 Å². The van der Waals surface area contributed by atoms with Crippen molar-refractivity contribution in [2.75, 3.05) is 13.2 Å². The standard InChI is InChI=1S/C5H10O3/c6-2-5-1-4(7)3-8-5/h4-7H,1-3H2/t4-,5+/m1/s1. The average Bonchev–Trinajstić information content (AvgIpc) is 2.14. The van der Waals surface area contributed by atoms with Crippen molar-refractivity contribution >= 4 is 0 Å². The lowest BCUT2D eigenvalue weighted by atomic mass is 10.2. The normalized spacial score (nSPS) is 38.2. The van der Waals surface area contributed by atoms with Gasteiger partial charge in [-0.3, -0.25) is 0 Å². The van der Waals surface area contributed by atoms with Gasteiger partial charge in [0.25, 0.3) is 0 Å². The van der Waals surface area contributed by atoms with Crippen LogP contribution in [-0.4, -0.2) is 35.6 Å². The summed E-state index contributed by atoms with van der Waals surface area (Å²) in [4.78, 5) is 0. The lowest BCUT2D eigenvalue weighted by Crippen LogP contribution is -2.10. The van der Waals surface area contributed by atoms with Gasteiger partial charge in [0.15, 0.2) is 0 Å². The zero-order chi connectivity index (χ0) is 5.98. The first-order valence-corrected chi connectivity index (χ1v) is 2.73. The lowest BCUT2D eigenvalue weighted by Gasteiger charge is -2.00. The molecule has 8 heavy (non-hydrogen) atoms. The Balaban J connectivity index is 2.22. The van der Waals surface area contributed by atoms with Gasteiger partial charge >= 0.3 is 0 Å². The zero-order valence-corrected chi connectivity index (χ0v) is 4.58. The van der Waals surface area contributed by atoms with Crippen LogP contribution in [0, 0.1) is 0 Å². The molecule has 48 valence electrons. The molecule has 1 rings (SSSR count). The van der Waals surface area contributed by atoms with Crippen LogP contribution in [0.15, 0.2) is 0 Å². The highest BCUT2D eigenvalue weighted by Crippen LogP contribution is 2.11. The Morgan fingerprint density at radius 3 is 2.62 bits per heavy atom. The molecule has 2 atom stereocenters. The van der Waals surface area contributed by atoms with E-state index in [0.29, 0.717) is 13.0 Å². The Hall–Kier alpha value is -0.120. The van der Waals surface area contributed by atoms with Gasteiger partial charge in [-0.2, -0.15) is 0 Å². The molecule has 3 heteroatoms. The second-order valence-corrected chi connectivity index (χ2v) is 2.03. The minimum atomic E-state index is -0.354. The minimum Gasteiger partial charge on any atom is -0.394 e. The van der Waals surface area contributed by atoms with Gasteiger partial charge in [-0.05, 0) is 0 Å². The fourth-order valence-corrected chi connectivity index (χ4v) is 0.814. The Kier molecular flexibility index (Phi) is 1.83. The molecular formula is C5H10O3. The van der Waals surface area contributed by atoms with Gasteiger partial charge in [0.2, 0.25) is 0 Å². The Morgan fingerprint density at radius 1 is 1.62 bits per heavy atom. The first kappa shape index (κ1) is 6.01. The first-order valence-electron chi connectivity index (χ1n) is 2.73. The van der Waals surface area contributed by atoms with Crippen LogP contribution in [0.2, 0.25) is 0 Å². The topological polar surface area (TPSA) is 49.7 Å². The van der Waals surface area contributed by atoms with Crippen LogP contribution in [-0.2, 0) is 4.74 Å². The van der Waals surface area contributed by atoms with Crippen LogP contribution in [0.4, 0.5) is 0 Å². The summed E-state index contributed by atoms with van der Waals surface area (Å²) in [5.74, 6) is 0. The highest BCUT2D eigenvalue weighted by Gasteiger charge is 2.21. The largest absolute Gasteiger partial charge is 0.394 e. The van der Waals surface area contributed by atoms with Crippen molar-refractivity contribution in [1.29, 1.82) is 0 Å². The van der Waals surface area contributed by atoms with Crippen LogP contribution in [0.1, 0.15) is 6.42 Å². The van der Waals surface area contributed by atoms with E-state index in [1.54, 1.807) is 0 Å². The van der Waals surface area contributed by atoms with Crippen molar-refractivity contribution in [1.82, 2.24) is 0 Å². The molecule has 1 heterocycles. The maximum Gasteiger partial charge on any atom is 0.0832 e. The van der Waals surface area contributed by atoms with E-state index < -0.39 is 0 Å². The van der Waals surface area contributed by atoms with Crippen LogP contribution < -0.4 is 0 Å². The summed E-state index contributed by atoms with van der Waals surface area (Å²) >= 11 is 0. The monoisotopic (exact) mass is 118 g/mol. The Labute approximate surface area is 47.9 Å². The van der Waals surface area contributed by atoms with E-state index in [9.17, 15) is 0 Å². The van der Waals surface area contributed by atoms with Gasteiger partial charge in [-0.25, -0.2) is 0 Å². The molecule has 0 aromatic carbocycles. The number of aliphatic hydroxyl groups excluding tert-OH is 2. The van der Waals surface area contributed by atoms with Crippen molar-refractivity contribution < 1.29 is 14.9 Å². The van der Waals surface area contributed by atoms with E-state index in [2.05, 4.69) is 0 Å². The molecule has 0 saturated carbocycles. The van der Waals surface area contributed by atoms with Crippen LogP contribution in [0.25, 0.3) is 0 Å². The molecule has 0 aromatic rings. The van der Waals surface area contributed by atoms with Gasteiger partial charge < -0.3 is 14.9 Å². The van der Waals surface area contributed by atoms with E-state index in [0.717, 1.165) is 0 Å². The molecule has 1 fully saturated rings. The SMILES string of the molecule is OC[C@@H]1C[C@@H](O)CO1. The zero-order valence-electron chi connectivity index (χ0n) is 4.58. The van der Waals surface area contributed by atoms with Gasteiger partial charge in [-0.1, -0.05) is 0 Å². The third-order valence-electron chi connectivity index (χ3n) is 1.26. The molecular weight excluding hydrogens is 108 g/mol. The maximum absolute atomic E-state index is 8.79. The number of hydrogen-bond donors (Lipinski definition) is 2. The molecule has 1 aliphatic heterocycles. The van der Waals surface area contributed by atoms with Gasteiger partial charge in [0, 0.05) is 6.42 Å². The molecule has 0 aromatic heterocycles. The third-order valence-corrected chi connectivity index (χ3v) is 1.26. The van der Waals surface area contributed by atoms with E-state index in [1.807, 2.05) is 0 Å². The molecule has 0 spiro atoms. The number of hydrogen-bond acceptors (Lipinski definition) is 3. The average molecular weight is 118 g/mol. The summed E-state index contributed by atoms with van der Waals surface area (Å²) in [6.07, 6.45) is 0.105. The Morgan fingerprint density at radius 2 is 2.38 bits per heavy atom. The highest BCUT2D eigenvalue weighted by molar-refractivity contribution is 4.70. The van der Waals surface area contributed by atoms with Gasteiger partial charge in [0.05, 0.1) is 25.4 Å². The first-order chi connectivity index (χ1) is 3.83. The summed E-state index contributed by atoms with van der Waals surface area (Å²) in [5, 5.41) is 17.2. The highest BCUT2D eigenvalue weighted by atomic mass is 16.5. The van der Waals surface area contributed by atoms with Crippen molar-refractivity contribution in [3.05, 3.63) is 0 Å². The van der Waals surface area contributed by atoms with E-state index >= 15 is 0 Å². The summed E-state index contributed by atoms with van der Waals surface area (Å²) in [7, 11) is 0. The maximum atomic E-state index is 8.79. The van der Waals surface area contributed by atoms with Crippen molar-refractivity contribution in [2.24, 2.45) is 0 Å². The summed E-state index contributed by atoms with van der Waals surface area (Å²) in [5.41, 5.74) is 0. The summed E-state index contributed by atoms with van der Waals surface area (Å²) < 4.78 is 4.91. The fraction of sp³-hybridized carbons (Fsp3) is 1.00. The predicted molar refractivity (Wildman–Crippen MR) is 27.4 cm³/mol. The van der Waals surface area contributed by atoms with Crippen molar-refractivity contribution in [2.45, 2.75) is 18.6 Å². The van der Waals surface area contributed by atoms with Crippen molar-refractivity contribution in [3.63, 3.8) is 0 Å².